The monoisotopic (exact) mass is 494 g/mol. The van der Waals surface area contributed by atoms with Gasteiger partial charge in [-0.15, -0.1) is 11.3 Å². The molecule has 2 aromatic heterocycles. The van der Waals surface area contributed by atoms with Crippen molar-refractivity contribution in [2.75, 3.05) is 5.32 Å². The van der Waals surface area contributed by atoms with Crippen LogP contribution in [0.4, 0.5) is 5.69 Å². The van der Waals surface area contributed by atoms with Gasteiger partial charge in [-0.05, 0) is 50.6 Å². The molecule has 0 aliphatic heterocycles. The molecule has 0 atom stereocenters. The van der Waals surface area contributed by atoms with Crippen molar-refractivity contribution >= 4 is 38.9 Å². The zero-order chi connectivity index (χ0) is 22.0. The average Bonchev–Trinajstić information content (AvgIpc) is 3.30. The lowest BCUT2D eigenvalue weighted by Crippen LogP contribution is -2.14. The lowest BCUT2D eigenvalue weighted by atomic mass is 10.0. The highest BCUT2D eigenvalue weighted by Gasteiger charge is 2.16. The third-order valence-electron chi connectivity index (χ3n) is 5.13. The average molecular weight is 495 g/mol. The van der Waals surface area contributed by atoms with Gasteiger partial charge < -0.3 is 5.32 Å². The second-order valence-corrected chi connectivity index (χ2v) is 9.33. The predicted molar refractivity (Wildman–Crippen MR) is 129 cm³/mol. The van der Waals surface area contributed by atoms with Crippen LogP contribution >= 0.6 is 27.3 Å². The quantitative estimate of drug-likeness (QED) is 0.369. The Balaban J connectivity index is 1.47. The molecule has 0 aliphatic carbocycles. The number of rotatable bonds is 6. The zero-order valence-electron chi connectivity index (χ0n) is 17.6. The molecule has 31 heavy (non-hydrogen) atoms. The van der Waals surface area contributed by atoms with Gasteiger partial charge in [0.25, 0.3) is 0 Å². The third kappa shape index (κ3) is 5.11. The van der Waals surface area contributed by atoms with Crippen LogP contribution in [-0.4, -0.2) is 20.7 Å². The number of aromatic nitrogens is 3. The molecular formula is C24H23BrN4OS. The van der Waals surface area contributed by atoms with Crippen molar-refractivity contribution < 1.29 is 4.79 Å². The number of nitrogens with zero attached hydrogens (tertiary/aromatic N) is 3. The standard InChI is InChI=1S/C24H23BrN4OS/c1-15-4-6-18(7-5-15)12-22-16(2)28-29(17(22)3)24-27-21(14-31-24)13-23(30)26-20-10-8-19(25)9-11-20/h4-11,14H,12-13H2,1-3H3,(H,26,30). The smallest absolute Gasteiger partial charge is 0.230 e. The Kier molecular flexibility index (Phi) is 6.34. The first-order valence-corrected chi connectivity index (χ1v) is 11.7. The summed E-state index contributed by atoms with van der Waals surface area (Å²) in [6.07, 6.45) is 1.06. The van der Waals surface area contributed by atoms with E-state index in [1.54, 1.807) is 0 Å². The summed E-state index contributed by atoms with van der Waals surface area (Å²) in [6.45, 7) is 6.20. The van der Waals surface area contributed by atoms with Gasteiger partial charge in [0.2, 0.25) is 11.0 Å². The lowest BCUT2D eigenvalue weighted by molar-refractivity contribution is -0.115. The Morgan fingerprint density at radius 3 is 2.48 bits per heavy atom. The highest BCUT2D eigenvalue weighted by atomic mass is 79.9. The van der Waals surface area contributed by atoms with Crippen LogP contribution in [0.2, 0.25) is 0 Å². The molecule has 4 aromatic rings. The van der Waals surface area contributed by atoms with Crippen molar-refractivity contribution in [3.05, 3.63) is 92.2 Å². The Hall–Kier alpha value is -2.77. The van der Waals surface area contributed by atoms with E-state index in [1.807, 2.05) is 41.3 Å². The fourth-order valence-corrected chi connectivity index (χ4v) is 4.49. The summed E-state index contributed by atoms with van der Waals surface area (Å²) in [6, 6.07) is 16.1. The van der Waals surface area contributed by atoms with Crippen molar-refractivity contribution in [2.24, 2.45) is 0 Å². The molecule has 5 nitrogen and oxygen atoms in total. The third-order valence-corrected chi connectivity index (χ3v) is 6.53. The molecule has 1 amide bonds. The number of nitrogens with one attached hydrogen (secondary N) is 1. The molecule has 0 radical (unpaired) electrons. The minimum absolute atomic E-state index is 0.0902. The van der Waals surface area contributed by atoms with Crippen LogP contribution in [0, 0.1) is 20.8 Å². The van der Waals surface area contributed by atoms with Gasteiger partial charge in [-0.3, -0.25) is 4.79 Å². The fourth-order valence-electron chi connectivity index (χ4n) is 3.40. The van der Waals surface area contributed by atoms with E-state index in [-0.39, 0.29) is 12.3 Å². The summed E-state index contributed by atoms with van der Waals surface area (Å²) < 4.78 is 2.86. The number of hydrogen-bond acceptors (Lipinski definition) is 4. The normalized spacial score (nSPS) is 11.0. The largest absolute Gasteiger partial charge is 0.326 e. The van der Waals surface area contributed by atoms with Crippen LogP contribution in [0.15, 0.2) is 58.4 Å². The number of carbonyl (C=O) groups excluding carboxylic acids is 1. The van der Waals surface area contributed by atoms with E-state index < -0.39 is 0 Å². The number of hydrogen-bond donors (Lipinski definition) is 1. The van der Waals surface area contributed by atoms with Crippen LogP contribution in [0.1, 0.15) is 33.8 Å². The summed E-state index contributed by atoms with van der Waals surface area (Å²) in [7, 11) is 0. The molecular weight excluding hydrogens is 472 g/mol. The molecule has 0 saturated carbocycles. The van der Waals surface area contributed by atoms with Crippen LogP contribution in [0.5, 0.6) is 0 Å². The van der Waals surface area contributed by atoms with Gasteiger partial charge in [0.1, 0.15) is 0 Å². The van der Waals surface area contributed by atoms with Gasteiger partial charge in [0.05, 0.1) is 17.8 Å². The van der Waals surface area contributed by atoms with Crippen molar-refractivity contribution in [3.63, 3.8) is 0 Å². The molecule has 0 fully saturated rings. The van der Waals surface area contributed by atoms with Crippen LogP contribution in [0.3, 0.4) is 0 Å². The second-order valence-electron chi connectivity index (χ2n) is 7.58. The molecule has 0 aliphatic rings. The van der Waals surface area contributed by atoms with Gasteiger partial charge in [-0.25, -0.2) is 9.67 Å². The van der Waals surface area contributed by atoms with Crippen molar-refractivity contribution in [2.45, 2.75) is 33.6 Å². The molecule has 158 valence electrons. The molecule has 0 spiro atoms. The molecule has 0 saturated heterocycles. The topological polar surface area (TPSA) is 59.8 Å². The highest BCUT2D eigenvalue weighted by Crippen LogP contribution is 2.24. The maximum atomic E-state index is 12.4. The Labute approximate surface area is 194 Å². The maximum Gasteiger partial charge on any atom is 0.230 e. The summed E-state index contributed by atoms with van der Waals surface area (Å²) >= 11 is 4.90. The predicted octanol–water partition coefficient (Wildman–Crippen LogP) is 5.79. The van der Waals surface area contributed by atoms with Crippen LogP contribution in [-0.2, 0) is 17.6 Å². The minimum Gasteiger partial charge on any atom is -0.326 e. The lowest BCUT2D eigenvalue weighted by Gasteiger charge is -2.04. The van der Waals surface area contributed by atoms with Crippen molar-refractivity contribution in [1.82, 2.24) is 14.8 Å². The Morgan fingerprint density at radius 2 is 1.77 bits per heavy atom. The van der Waals surface area contributed by atoms with E-state index in [9.17, 15) is 4.79 Å². The van der Waals surface area contributed by atoms with Crippen LogP contribution < -0.4 is 5.32 Å². The first kappa shape index (κ1) is 21.5. The van der Waals surface area contributed by atoms with E-state index in [1.165, 1.54) is 28.0 Å². The Morgan fingerprint density at radius 1 is 1.06 bits per heavy atom. The van der Waals surface area contributed by atoms with E-state index in [4.69, 9.17) is 5.10 Å². The number of halogens is 1. The molecule has 7 heteroatoms. The molecule has 0 unspecified atom stereocenters. The molecule has 4 rings (SSSR count). The van der Waals surface area contributed by atoms with Gasteiger partial charge in [0.15, 0.2) is 0 Å². The van der Waals surface area contributed by atoms with Crippen molar-refractivity contribution in [1.29, 1.82) is 0 Å². The van der Waals surface area contributed by atoms with Gasteiger partial charge in [0, 0.05) is 33.2 Å². The summed E-state index contributed by atoms with van der Waals surface area (Å²) in [4.78, 5) is 17.0. The SMILES string of the molecule is Cc1ccc(Cc2c(C)nn(-c3nc(CC(=O)Nc4ccc(Br)cc4)cs3)c2C)cc1. The van der Waals surface area contributed by atoms with Crippen molar-refractivity contribution in [3.8, 4) is 5.13 Å². The number of amides is 1. The first-order valence-electron chi connectivity index (χ1n) is 10.00. The van der Waals surface area contributed by atoms with Crippen LogP contribution in [0.25, 0.3) is 5.13 Å². The number of aryl methyl sites for hydroxylation is 2. The van der Waals surface area contributed by atoms with E-state index in [0.717, 1.165) is 38.8 Å². The number of benzene rings is 2. The van der Waals surface area contributed by atoms with E-state index in [2.05, 4.69) is 64.3 Å². The number of carbonyl (C=O) groups is 1. The zero-order valence-corrected chi connectivity index (χ0v) is 20.0. The first-order chi connectivity index (χ1) is 14.9. The molecule has 2 heterocycles. The summed E-state index contributed by atoms with van der Waals surface area (Å²) in [5, 5.41) is 10.3. The number of anilines is 1. The molecule has 0 bridgehead atoms. The minimum atomic E-state index is -0.0902. The van der Waals surface area contributed by atoms with Gasteiger partial charge in [-0.2, -0.15) is 5.10 Å². The second kappa shape index (κ2) is 9.16. The molecule has 2 aromatic carbocycles. The van der Waals surface area contributed by atoms with Gasteiger partial charge in [-0.1, -0.05) is 45.8 Å². The Bertz CT molecular complexity index is 1210. The number of thiazole rings is 1. The summed E-state index contributed by atoms with van der Waals surface area (Å²) in [5.41, 5.74) is 7.33. The van der Waals surface area contributed by atoms with E-state index >= 15 is 0 Å². The van der Waals surface area contributed by atoms with Gasteiger partial charge >= 0.3 is 0 Å². The molecule has 1 N–H and O–H groups in total. The van der Waals surface area contributed by atoms with E-state index in [0.29, 0.717) is 0 Å². The summed E-state index contributed by atoms with van der Waals surface area (Å²) in [5.74, 6) is -0.0902. The maximum absolute atomic E-state index is 12.4. The highest BCUT2D eigenvalue weighted by molar-refractivity contribution is 9.10. The fraction of sp³-hybridized carbons (Fsp3) is 0.208.